The minimum Gasteiger partial charge on any atom is -0.364 e. The molecule has 3 aromatic rings. The summed E-state index contributed by atoms with van der Waals surface area (Å²) in [5.74, 6) is -1.10. The molecule has 1 aliphatic rings. The van der Waals surface area contributed by atoms with E-state index >= 15 is 0 Å². The molecule has 0 saturated carbocycles. The van der Waals surface area contributed by atoms with Crippen LogP contribution in [0.1, 0.15) is 45.0 Å². The Balaban J connectivity index is 0.00000149. The molecule has 0 N–H and O–H groups in total. The van der Waals surface area contributed by atoms with Gasteiger partial charge in [-0.05, 0) is 38.1 Å². The van der Waals surface area contributed by atoms with Crippen LogP contribution in [0.25, 0.3) is 11.0 Å². The highest BCUT2D eigenvalue weighted by Gasteiger charge is 2.31. The number of pyridine rings is 2. The van der Waals surface area contributed by atoms with Crippen LogP contribution in [0, 0.1) is 23.0 Å². The van der Waals surface area contributed by atoms with E-state index in [-0.39, 0.29) is 22.9 Å². The molecular weight excluding hydrogens is 424 g/mol. The van der Waals surface area contributed by atoms with E-state index in [4.69, 9.17) is 0 Å². The molecular formula is C25H29F2N5O. The number of fused-ring (bicyclic) bond motifs is 1. The minimum absolute atomic E-state index is 0.0334. The van der Waals surface area contributed by atoms with Gasteiger partial charge in [0.15, 0.2) is 0 Å². The maximum Gasteiger partial charge on any atom is 0.252 e. The van der Waals surface area contributed by atoms with E-state index in [9.17, 15) is 18.8 Å². The molecule has 3 heterocycles. The fourth-order valence-electron chi connectivity index (χ4n) is 4.38. The van der Waals surface area contributed by atoms with Crippen LogP contribution in [0.4, 0.5) is 14.5 Å². The van der Waals surface area contributed by atoms with Gasteiger partial charge in [0.2, 0.25) is 0 Å². The van der Waals surface area contributed by atoms with Crippen molar-refractivity contribution in [3.05, 3.63) is 69.6 Å². The van der Waals surface area contributed by atoms with Gasteiger partial charge >= 0.3 is 0 Å². The zero-order valence-electron chi connectivity index (χ0n) is 19.6. The normalized spacial score (nSPS) is 17.3. The molecule has 0 aliphatic carbocycles. The van der Waals surface area contributed by atoms with Crippen LogP contribution < -0.4 is 10.5 Å². The summed E-state index contributed by atoms with van der Waals surface area (Å²) >= 11 is 0. The fourth-order valence-corrected chi connectivity index (χ4v) is 4.38. The minimum atomic E-state index is -0.548. The summed E-state index contributed by atoms with van der Waals surface area (Å²) in [6.45, 7) is 9.49. The van der Waals surface area contributed by atoms with Crippen LogP contribution in [-0.4, -0.2) is 40.1 Å². The first-order valence-corrected chi connectivity index (χ1v) is 11.2. The van der Waals surface area contributed by atoms with Crippen molar-refractivity contribution in [3.63, 3.8) is 0 Å². The van der Waals surface area contributed by atoms with Crippen molar-refractivity contribution in [2.75, 3.05) is 24.5 Å². The first kappa shape index (κ1) is 24.3. The molecule has 2 atom stereocenters. The number of aromatic nitrogens is 2. The zero-order chi connectivity index (χ0) is 24.3. The second kappa shape index (κ2) is 10.1. The summed E-state index contributed by atoms with van der Waals surface area (Å²) in [5.41, 5.74) is 2.11. The van der Waals surface area contributed by atoms with E-state index in [2.05, 4.69) is 9.88 Å². The lowest BCUT2D eigenvalue weighted by Crippen LogP contribution is -2.53. The average Bonchev–Trinajstić information content (AvgIpc) is 2.82. The van der Waals surface area contributed by atoms with Gasteiger partial charge in [0, 0.05) is 50.4 Å². The molecule has 174 valence electrons. The lowest BCUT2D eigenvalue weighted by Gasteiger charge is -2.43. The third-order valence-corrected chi connectivity index (χ3v) is 6.12. The number of rotatable bonds is 3. The van der Waals surface area contributed by atoms with Crippen LogP contribution in [0.5, 0.6) is 0 Å². The van der Waals surface area contributed by atoms with Gasteiger partial charge in [0.05, 0.1) is 11.2 Å². The molecule has 0 spiro atoms. The molecule has 33 heavy (non-hydrogen) atoms. The van der Waals surface area contributed by atoms with Crippen LogP contribution in [-0.2, 0) is 7.05 Å². The third kappa shape index (κ3) is 4.60. The Morgan fingerprint density at radius 3 is 2.42 bits per heavy atom. The molecule has 0 amide bonds. The Morgan fingerprint density at radius 2 is 1.82 bits per heavy atom. The summed E-state index contributed by atoms with van der Waals surface area (Å²) in [4.78, 5) is 21.1. The quantitative estimate of drug-likeness (QED) is 0.589. The molecule has 2 unspecified atom stereocenters. The second-order valence-corrected chi connectivity index (χ2v) is 7.95. The van der Waals surface area contributed by atoms with E-state index in [1.807, 2.05) is 31.7 Å². The Labute approximate surface area is 192 Å². The summed E-state index contributed by atoms with van der Waals surface area (Å²) in [6.07, 6.45) is 0. The average molecular weight is 454 g/mol. The number of nitriles is 1. The second-order valence-electron chi connectivity index (χ2n) is 7.95. The maximum absolute atomic E-state index is 14.3. The molecule has 1 aromatic carbocycles. The van der Waals surface area contributed by atoms with Gasteiger partial charge in [-0.25, -0.2) is 13.8 Å². The van der Waals surface area contributed by atoms with Crippen molar-refractivity contribution >= 4 is 16.7 Å². The van der Waals surface area contributed by atoms with E-state index < -0.39 is 17.7 Å². The Morgan fingerprint density at radius 1 is 1.15 bits per heavy atom. The molecule has 2 aromatic heterocycles. The first-order valence-electron chi connectivity index (χ1n) is 11.2. The highest BCUT2D eigenvalue weighted by Crippen LogP contribution is 2.31. The lowest BCUT2D eigenvalue weighted by atomic mass is 10.0. The number of hydrogen-bond acceptors (Lipinski definition) is 5. The van der Waals surface area contributed by atoms with Crippen molar-refractivity contribution in [2.24, 2.45) is 7.05 Å². The largest absolute Gasteiger partial charge is 0.364 e. The number of benzene rings is 1. The van der Waals surface area contributed by atoms with Crippen LogP contribution in [0.2, 0.25) is 0 Å². The Hall–Kier alpha value is -3.31. The van der Waals surface area contributed by atoms with Crippen molar-refractivity contribution in [2.45, 2.75) is 39.8 Å². The van der Waals surface area contributed by atoms with E-state index in [1.54, 1.807) is 32.2 Å². The smallest absolute Gasteiger partial charge is 0.252 e. The molecule has 1 aliphatic heterocycles. The topological polar surface area (TPSA) is 65.2 Å². The number of piperazine rings is 1. The molecule has 1 saturated heterocycles. The van der Waals surface area contributed by atoms with Gasteiger partial charge in [-0.15, -0.1) is 0 Å². The van der Waals surface area contributed by atoms with Gasteiger partial charge in [0.1, 0.15) is 28.9 Å². The first-order chi connectivity index (χ1) is 15.8. The van der Waals surface area contributed by atoms with Crippen molar-refractivity contribution in [1.29, 1.82) is 5.26 Å². The number of nitrogens with zero attached hydrogens (tertiary/aromatic N) is 5. The SMILES string of the molecule is CC.CC(c1c(F)cccc1F)N1CCN(c2cc(=O)n(C)c3ccc(C#N)nc23)C(C)C1. The van der Waals surface area contributed by atoms with Crippen molar-refractivity contribution in [3.8, 4) is 6.07 Å². The molecule has 6 nitrogen and oxygen atoms in total. The highest BCUT2D eigenvalue weighted by molar-refractivity contribution is 5.88. The van der Waals surface area contributed by atoms with Crippen LogP contribution >= 0.6 is 0 Å². The molecule has 4 rings (SSSR count). The summed E-state index contributed by atoms with van der Waals surface area (Å²) in [7, 11) is 1.67. The number of hydrogen-bond donors (Lipinski definition) is 0. The number of anilines is 1. The maximum atomic E-state index is 14.3. The summed E-state index contributed by atoms with van der Waals surface area (Å²) < 4.78 is 30.1. The van der Waals surface area contributed by atoms with Crippen LogP contribution in [0.3, 0.4) is 0 Å². The highest BCUT2D eigenvalue weighted by atomic mass is 19.1. The predicted molar refractivity (Wildman–Crippen MR) is 126 cm³/mol. The van der Waals surface area contributed by atoms with Crippen molar-refractivity contribution < 1.29 is 8.78 Å². The van der Waals surface area contributed by atoms with Gasteiger partial charge < -0.3 is 9.47 Å². The van der Waals surface area contributed by atoms with E-state index in [1.165, 1.54) is 22.8 Å². The standard InChI is InChI=1S/C23H23F2N5O.C2H6/c1-14-13-29(15(2)22-17(24)5-4-6-18(22)25)9-10-30(14)20-11-21(31)28(3)19-8-7-16(12-26)27-23(19)20;1-2/h4-8,11,14-15H,9-10,13H2,1-3H3;1-2H3. The Kier molecular flexibility index (Phi) is 7.44. The summed E-state index contributed by atoms with van der Waals surface area (Å²) in [5, 5.41) is 9.26. The zero-order valence-corrected chi connectivity index (χ0v) is 19.6. The number of halogens is 2. The predicted octanol–water partition coefficient (Wildman–Crippen LogP) is 4.38. The van der Waals surface area contributed by atoms with E-state index in [0.717, 1.165) is 0 Å². The molecule has 8 heteroatoms. The molecule has 1 fully saturated rings. The Bertz CT molecular complexity index is 1230. The third-order valence-electron chi connectivity index (χ3n) is 6.12. The van der Waals surface area contributed by atoms with Gasteiger partial charge in [-0.2, -0.15) is 5.26 Å². The molecule has 0 bridgehead atoms. The van der Waals surface area contributed by atoms with E-state index in [0.29, 0.717) is 36.4 Å². The lowest BCUT2D eigenvalue weighted by molar-refractivity contribution is 0.169. The van der Waals surface area contributed by atoms with Crippen molar-refractivity contribution in [1.82, 2.24) is 14.5 Å². The number of aryl methyl sites for hydroxylation is 1. The van der Waals surface area contributed by atoms with Gasteiger partial charge in [-0.3, -0.25) is 9.69 Å². The molecule has 0 radical (unpaired) electrons. The summed E-state index contributed by atoms with van der Waals surface area (Å²) in [6, 6.07) is 10.4. The van der Waals surface area contributed by atoms with Gasteiger partial charge in [-0.1, -0.05) is 19.9 Å². The van der Waals surface area contributed by atoms with Gasteiger partial charge in [0.25, 0.3) is 5.56 Å². The van der Waals surface area contributed by atoms with Crippen LogP contribution in [0.15, 0.2) is 41.2 Å². The fraction of sp³-hybridized carbons (Fsp3) is 0.400. The monoisotopic (exact) mass is 453 g/mol.